The zero-order valence-corrected chi connectivity index (χ0v) is 13.6. The third-order valence-electron chi connectivity index (χ3n) is 3.12. The molecule has 1 aromatic rings. The Bertz CT molecular complexity index is 592. The molecule has 0 bridgehead atoms. The summed E-state index contributed by atoms with van der Waals surface area (Å²) in [5, 5.41) is 9.02. The number of ether oxygens (including phenoxy) is 3. The number of hydrogen-bond donors (Lipinski definition) is 0. The average molecular weight is 319 g/mol. The van der Waals surface area contributed by atoms with E-state index in [2.05, 4.69) is 4.98 Å². The normalized spacial score (nSPS) is 18.2. The fourth-order valence-corrected chi connectivity index (χ4v) is 2.08. The molecule has 0 N–H and O–H groups in total. The van der Waals surface area contributed by atoms with Gasteiger partial charge in [0.1, 0.15) is 24.4 Å². The Morgan fingerprint density at radius 3 is 3.04 bits per heavy atom. The molecular weight excluding hydrogens is 298 g/mol. The van der Waals surface area contributed by atoms with E-state index in [4.69, 9.17) is 19.5 Å². The van der Waals surface area contributed by atoms with Gasteiger partial charge < -0.3 is 19.1 Å². The summed E-state index contributed by atoms with van der Waals surface area (Å²) in [6.45, 7) is 7.02. The summed E-state index contributed by atoms with van der Waals surface area (Å²) in [7, 11) is 0. The van der Waals surface area contributed by atoms with Gasteiger partial charge in [-0.05, 0) is 26.8 Å². The largest absolute Gasteiger partial charge is 0.488 e. The molecule has 1 atom stereocenters. The second-order valence-corrected chi connectivity index (χ2v) is 6.21. The number of morpholine rings is 1. The standard InChI is InChI=1S/C16H21N3O4/c1-16(2,3)23-15(20)19-6-7-21-13(10-19)11-22-14-9-18-5-4-12(14)8-17/h4-5,9,13H,6-7,10-11H2,1-3H3/t13-/m0/s1. The van der Waals surface area contributed by atoms with Crippen molar-refractivity contribution in [2.24, 2.45) is 0 Å². The van der Waals surface area contributed by atoms with Crippen LogP contribution in [0.5, 0.6) is 5.75 Å². The van der Waals surface area contributed by atoms with E-state index >= 15 is 0 Å². The number of hydrogen-bond acceptors (Lipinski definition) is 6. The van der Waals surface area contributed by atoms with E-state index in [1.807, 2.05) is 26.8 Å². The fourth-order valence-electron chi connectivity index (χ4n) is 2.08. The molecule has 0 aromatic carbocycles. The van der Waals surface area contributed by atoms with Gasteiger partial charge in [0.2, 0.25) is 0 Å². The summed E-state index contributed by atoms with van der Waals surface area (Å²) in [6.07, 6.45) is 2.40. The van der Waals surface area contributed by atoms with Crippen LogP contribution in [0.1, 0.15) is 26.3 Å². The number of rotatable bonds is 3. The van der Waals surface area contributed by atoms with E-state index in [0.717, 1.165) is 0 Å². The van der Waals surface area contributed by atoms with Gasteiger partial charge in [-0.3, -0.25) is 4.98 Å². The van der Waals surface area contributed by atoms with Gasteiger partial charge in [-0.1, -0.05) is 0 Å². The summed E-state index contributed by atoms with van der Waals surface area (Å²) in [5.41, 5.74) is -0.112. The van der Waals surface area contributed by atoms with Crippen LogP contribution in [-0.2, 0) is 9.47 Å². The van der Waals surface area contributed by atoms with Gasteiger partial charge in [-0.15, -0.1) is 0 Å². The Labute approximate surface area is 135 Å². The van der Waals surface area contributed by atoms with Crippen LogP contribution in [0.25, 0.3) is 0 Å². The molecule has 0 aliphatic carbocycles. The van der Waals surface area contributed by atoms with Gasteiger partial charge >= 0.3 is 6.09 Å². The Hall–Kier alpha value is -2.33. The Balaban J connectivity index is 1.89. The molecule has 0 unspecified atom stereocenters. The van der Waals surface area contributed by atoms with Crippen LogP contribution in [0, 0.1) is 11.3 Å². The maximum atomic E-state index is 12.1. The molecule has 1 aromatic heterocycles. The van der Waals surface area contributed by atoms with Crippen LogP contribution >= 0.6 is 0 Å². The van der Waals surface area contributed by atoms with E-state index in [0.29, 0.717) is 31.0 Å². The van der Waals surface area contributed by atoms with Crippen molar-refractivity contribution in [3.8, 4) is 11.8 Å². The van der Waals surface area contributed by atoms with Crippen LogP contribution in [0.15, 0.2) is 18.5 Å². The van der Waals surface area contributed by atoms with Crippen LogP contribution in [0.2, 0.25) is 0 Å². The van der Waals surface area contributed by atoms with Crippen molar-refractivity contribution in [2.45, 2.75) is 32.5 Å². The molecule has 124 valence electrons. The molecule has 2 rings (SSSR count). The molecule has 7 nitrogen and oxygen atoms in total. The molecule has 0 saturated carbocycles. The predicted molar refractivity (Wildman–Crippen MR) is 82.0 cm³/mol. The highest BCUT2D eigenvalue weighted by Gasteiger charge is 2.28. The molecule has 1 saturated heterocycles. The zero-order chi connectivity index (χ0) is 16.9. The smallest absolute Gasteiger partial charge is 0.410 e. The minimum atomic E-state index is -0.529. The van der Waals surface area contributed by atoms with Gasteiger partial charge in [-0.25, -0.2) is 4.79 Å². The van der Waals surface area contributed by atoms with Crippen LogP contribution in [0.3, 0.4) is 0 Å². The number of nitrogens with zero attached hydrogens (tertiary/aromatic N) is 3. The predicted octanol–water partition coefficient (Wildman–Crippen LogP) is 1.97. The van der Waals surface area contributed by atoms with Crippen molar-refractivity contribution < 1.29 is 19.0 Å². The van der Waals surface area contributed by atoms with E-state index < -0.39 is 5.60 Å². The number of nitriles is 1. The molecule has 1 aliphatic rings. The van der Waals surface area contributed by atoms with E-state index in [1.165, 1.54) is 12.4 Å². The highest BCUT2D eigenvalue weighted by atomic mass is 16.6. The van der Waals surface area contributed by atoms with Gasteiger partial charge in [0.15, 0.2) is 5.75 Å². The number of aromatic nitrogens is 1. The lowest BCUT2D eigenvalue weighted by Crippen LogP contribution is -2.49. The van der Waals surface area contributed by atoms with Crippen molar-refractivity contribution in [2.75, 3.05) is 26.3 Å². The first-order valence-electron chi connectivity index (χ1n) is 7.45. The van der Waals surface area contributed by atoms with E-state index in [9.17, 15) is 4.79 Å². The maximum absolute atomic E-state index is 12.1. The number of carbonyl (C=O) groups excluding carboxylic acids is 1. The van der Waals surface area contributed by atoms with Crippen molar-refractivity contribution in [3.05, 3.63) is 24.0 Å². The first-order chi connectivity index (χ1) is 10.9. The number of amides is 1. The van der Waals surface area contributed by atoms with Crippen LogP contribution < -0.4 is 4.74 Å². The molecule has 0 spiro atoms. The summed E-state index contributed by atoms with van der Waals surface area (Å²) in [6, 6.07) is 3.63. The third kappa shape index (κ3) is 5.11. The van der Waals surface area contributed by atoms with Gasteiger partial charge in [0.25, 0.3) is 0 Å². The summed E-state index contributed by atoms with van der Waals surface area (Å²) >= 11 is 0. The Morgan fingerprint density at radius 1 is 1.57 bits per heavy atom. The zero-order valence-electron chi connectivity index (χ0n) is 13.6. The second-order valence-electron chi connectivity index (χ2n) is 6.21. The van der Waals surface area contributed by atoms with Gasteiger partial charge in [0.05, 0.1) is 24.9 Å². The fraction of sp³-hybridized carbons (Fsp3) is 0.562. The van der Waals surface area contributed by atoms with Crippen molar-refractivity contribution >= 4 is 6.09 Å². The average Bonchev–Trinajstić information content (AvgIpc) is 2.52. The molecule has 23 heavy (non-hydrogen) atoms. The topological polar surface area (TPSA) is 84.7 Å². The quantitative estimate of drug-likeness (QED) is 0.847. The van der Waals surface area contributed by atoms with Crippen LogP contribution in [-0.4, -0.2) is 54.0 Å². The first-order valence-corrected chi connectivity index (χ1v) is 7.45. The number of pyridine rings is 1. The van der Waals surface area contributed by atoms with Crippen LogP contribution in [0.4, 0.5) is 4.79 Å². The summed E-state index contributed by atoms with van der Waals surface area (Å²) < 4.78 is 16.6. The molecular formula is C16H21N3O4. The third-order valence-corrected chi connectivity index (χ3v) is 3.12. The number of carbonyl (C=O) groups is 1. The monoisotopic (exact) mass is 319 g/mol. The Morgan fingerprint density at radius 2 is 2.35 bits per heavy atom. The molecule has 7 heteroatoms. The molecule has 1 aliphatic heterocycles. The second kappa shape index (κ2) is 7.29. The van der Waals surface area contributed by atoms with E-state index in [-0.39, 0.29) is 18.8 Å². The molecule has 1 fully saturated rings. The van der Waals surface area contributed by atoms with Crippen molar-refractivity contribution in [1.29, 1.82) is 5.26 Å². The van der Waals surface area contributed by atoms with E-state index in [1.54, 1.807) is 11.0 Å². The highest BCUT2D eigenvalue weighted by Crippen LogP contribution is 2.17. The minimum Gasteiger partial charge on any atom is -0.488 e. The molecule has 2 heterocycles. The molecule has 0 radical (unpaired) electrons. The summed E-state index contributed by atoms with van der Waals surface area (Å²) in [4.78, 5) is 17.6. The summed E-state index contributed by atoms with van der Waals surface area (Å²) in [5.74, 6) is 0.410. The Kier molecular flexibility index (Phi) is 5.40. The minimum absolute atomic E-state index is 0.236. The van der Waals surface area contributed by atoms with Gasteiger partial charge in [0, 0.05) is 12.7 Å². The SMILES string of the molecule is CC(C)(C)OC(=O)N1CCO[C@H](COc2cnccc2C#N)C1. The highest BCUT2D eigenvalue weighted by molar-refractivity contribution is 5.68. The lowest BCUT2D eigenvalue weighted by molar-refractivity contribution is -0.0557. The maximum Gasteiger partial charge on any atom is 0.410 e. The first kappa shape index (κ1) is 17.0. The molecule has 1 amide bonds. The van der Waals surface area contributed by atoms with Gasteiger partial charge in [-0.2, -0.15) is 5.26 Å². The lowest BCUT2D eigenvalue weighted by Gasteiger charge is -2.34. The van der Waals surface area contributed by atoms with Crippen molar-refractivity contribution in [1.82, 2.24) is 9.88 Å². The van der Waals surface area contributed by atoms with Crippen molar-refractivity contribution in [3.63, 3.8) is 0 Å². The lowest BCUT2D eigenvalue weighted by atomic mass is 10.2.